The highest BCUT2D eigenvalue weighted by atomic mass is 19.1. The number of nitrogen functional groups attached to an aromatic ring is 1. The van der Waals surface area contributed by atoms with Gasteiger partial charge in [0.15, 0.2) is 6.10 Å². The quantitative estimate of drug-likeness (QED) is 0.370. The van der Waals surface area contributed by atoms with Crippen LogP contribution in [0.1, 0.15) is 17.3 Å². The van der Waals surface area contributed by atoms with E-state index in [0.717, 1.165) is 24.3 Å². The van der Waals surface area contributed by atoms with Gasteiger partial charge in [-0.25, -0.2) is 9.18 Å². The Bertz CT molecular complexity index is 840. The molecule has 1 atom stereocenters. The van der Waals surface area contributed by atoms with Crippen molar-refractivity contribution >= 4 is 28.9 Å². The number of halogens is 1. The molecule has 0 aliphatic carbocycles. The first kappa shape index (κ1) is 17.9. The Morgan fingerprint density at radius 3 is 2.60 bits per heavy atom. The van der Waals surface area contributed by atoms with Crippen LogP contribution < -0.4 is 11.1 Å². The lowest BCUT2D eigenvalue weighted by atomic mass is 10.1. The molecule has 2 rings (SSSR count). The molecule has 0 bridgehead atoms. The summed E-state index contributed by atoms with van der Waals surface area (Å²) in [5.74, 6) is -2.10. The van der Waals surface area contributed by atoms with Crippen molar-refractivity contribution in [2.75, 3.05) is 11.1 Å². The minimum absolute atomic E-state index is 0.101. The summed E-state index contributed by atoms with van der Waals surface area (Å²) in [5.41, 5.74) is 5.30. The van der Waals surface area contributed by atoms with E-state index in [1.54, 1.807) is 0 Å². The van der Waals surface area contributed by atoms with Crippen molar-refractivity contribution in [3.8, 4) is 0 Å². The topological polar surface area (TPSA) is 125 Å². The number of nitrogens with zero attached hydrogens (tertiary/aromatic N) is 1. The Balaban J connectivity index is 2.04. The Morgan fingerprint density at radius 2 is 2.00 bits per heavy atom. The number of amides is 1. The van der Waals surface area contributed by atoms with E-state index >= 15 is 0 Å². The summed E-state index contributed by atoms with van der Waals surface area (Å²) < 4.78 is 18.1. The minimum Gasteiger partial charge on any atom is -0.449 e. The van der Waals surface area contributed by atoms with Crippen LogP contribution in [0.25, 0.3) is 0 Å². The summed E-state index contributed by atoms with van der Waals surface area (Å²) in [5, 5.41) is 13.1. The average molecular weight is 347 g/mol. The minimum atomic E-state index is -1.19. The molecule has 0 aliphatic heterocycles. The van der Waals surface area contributed by atoms with Crippen molar-refractivity contribution < 1.29 is 23.6 Å². The van der Waals surface area contributed by atoms with Gasteiger partial charge in [0.2, 0.25) is 0 Å². The summed E-state index contributed by atoms with van der Waals surface area (Å²) >= 11 is 0. The SMILES string of the molecule is C[C@H](OC(=O)c1ccc([N+](=O)[O-])cc1N)C(=O)Nc1cccc(F)c1. The van der Waals surface area contributed by atoms with Gasteiger partial charge in [0.1, 0.15) is 5.82 Å². The number of carbonyl (C=O) groups is 2. The fourth-order valence-corrected chi connectivity index (χ4v) is 1.94. The van der Waals surface area contributed by atoms with Gasteiger partial charge in [0, 0.05) is 17.8 Å². The molecule has 2 aromatic rings. The highest BCUT2D eigenvalue weighted by Crippen LogP contribution is 2.21. The van der Waals surface area contributed by atoms with Gasteiger partial charge in [0.05, 0.1) is 16.2 Å². The van der Waals surface area contributed by atoms with E-state index in [-0.39, 0.29) is 22.6 Å². The van der Waals surface area contributed by atoms with E-state index in [4.69, 9.17) is 10.5 Å². The number of nitrogens with one attached hydrogen (secondary N) is 1. The zero-order valence-electron chi connectivity index (χ0n) is 13.1. The van der Waals surface area contributed by atoms with Crippen molar-refractivity contribution in [1.29, 1.82) is 0 Å². The maximum Gasteiger partial charge on any atom is 0.341 e. The second-order valence-corrected chi connectivity index (χ2v) is 5.08. The molecule has 0 aliphatic rings. The molecule has 0 radical (unpaired) electrons. The highest BCUT2D eigenvalue weighted by Gasteiger charge is 2.21. The van der Waals surface area contributed by atoms with Crippen LogP contribution in [0.3, 0.4) is 0 Å². The Morgan fingerprint density at radius 1 is 1.28 bits per heavy atom. The molecule has 0 fully saturated rings. The predicted octanol–water partition coefficient (Wildman–Crippen LogP) is 2.50. The first-order chi connectivity index (χ1) is 11.8. The van der Waals surface area contributed by atoms with Gasteiger partial charge in [0.25, 0.3) is 11.6 Å². The van der Waals surface area contributed by atoms with Crippen LogP contribution in [0, 0.1) is 15.9 Å². The third-order valence-electron chi connectivity index (χ3n) is 3.21. The van der Waals surface area contributed by atoms with Crippen LogP contribution in [0.5, 0.6) is 0 Å². The third kappa shape index (κ3) is 4.50. The Labute approximate surface area is 141 Å². The van der Waals surface area contributed by atoms with Crippen molar-refractivity contribution in [3.05, 3.63) is 64.0 Å². The molecule has 0 saturated carbocycles. The molecule has 8 nitrogen and oxygen atoms in total. The van der Waals surface area contributed by atoms with Crippen molar-refractivity contribution in [2.45, 2.75) is 13.0 Å². The first-order valence-electron chi connectivity index (χ1n) is 7.09. The highest BCUT2D eigenvalue weighted by molar-refractivity contribution is 5.99. The van der Waals surface area contributed by atoms with E-state index < -0.39 is 28.7 Å². The van der Waals surface area contributed by atoms with Crippen LogP contribution in [-0.2, 0) is 9.53 Å². The van der Waals surface area contributed by atoms with E-state index in [1.165, 1.54) is 25.1 Å². The van der Waals surface area contributed by atoms with E-state index in [1.807, 2.05) is 0 Å². The zero-order valence-corrected chi connectivity index (χ0v) is 13.1. The smallest absolute Gasteiger partial charge is 0.341 e. The van der Waals surface area contributed by atoms with Crippen LogP contribution in [0.15, 0.2) is 42.5 Å². The molecule has 3 N–H and O–H groups in total. The average Bonchev–Trinajstić information content (AvgIpc) is 2.54. The van der Waals surface area contributed by atoms with Gasteiger partial charge in [-0.1, -0.05) is 6.07 Å². The number of hydrogen-bond acceptors (Lipinski definition) is 6. The van der Waals surface area contributed by atoms with Gasteiger partial charge in [-0.15, -0.1) is 0 Å². The standard InChI is InChI=1S/C16H14FN3O5/c1-9(15(21)19-11-4-2-3-10(17)7-11)25-16(22)13-6-5-12(20(23)24)8-14(13)18/h2-9H,18H2,1H3,(H,19,21)/t9-/m0/s1. The first-order valence-corrected chi connectivity index (χ1v) is 7.09. The number of non-ortho nitro benzene ring substituents is 1. The normalized spacial score (nSPS) is 11.4. The van der Waals surface area contributed by atoms with Crippen LogP contribution in [-0.4, -0.2) is 22.9 Å². The molecule has 2 aromatic carbocycles. The number of hydrogen-bond donors (Lipinski definition) is 2. The molecular formula is C16H14FN3O5. The largest absolute Gasteiger partial charge is 0.449 e. The zero-order chi connectivity index (χ0) is 18.6. The van der Waals surface area contributed by atoms with Gasteiger partial charge in [-0.3, -0.25) is 14.9 Å². The number of nitrogens with two attached hydrogens (primary N) is 1. The summed E-state index contributed by atoms with van der Waals surface area (Å²) in [6, 6.07) is 8.49. The van der Waals surface area contributed by atoms with Crippen LogP contribution in [0.2, 0.25) is 0 Å². The number of ether oxygens (including phenoxy) is 1. The third-order valence-corrected chi connectivity index (χ3v) is 3.21. The van der Waals surface area contributed by atoms with Crippen molar-refractivity contribution in [2.24, 2.45) is 0 Å². The maximum atomic E-state index is 13.1. The second kappa shape index (κ2) is 7.39. The predicted molar refractivity (Wildman–Crippen MR) is 87.4 cm³/mol. The second-order valence-electron chi connectivity index (χ2n) is 5.08. The van der Waals surface area contributed by atoms with E-state index in [0.29, 0.717) is 0 Å². The Kier molecular flexibility index (Phi) is 5.28. The summed E-state index contributed by atoms with van der Waals surface area (Å²) in [6.45, 7) is 1.33. The molecule has 0 aromatic heterocycles. The monoisotopic (exact) mass is 347 g/mol. The lowest BCUT2D eigenvalue weighted by Gasteiger charge is -2.14. The number of carbonyl (C=O) groups excluding carboxylic acids is 2. The fraction of sp³-hybridized carbons (Fsp3) is 0.125. The summed E-state index contributed by atoms with van der Waals surface area (Å²) in [6.07, 6.45) is -1.19. The molecule has 9 heteroatoms. The number of nitro benzene ring substituents is 1. The number of benzene rings is 2. The molecule has 0 spiro atoms. The molecule has 0 saturated heterocycles. The Hall–Kier alpha value is -3.49. The number of esters is 1. The van der Waals surface area contributed by atoms with E-state index in [2.05, 4.69) is 5.32 Å². The molecule has 0 unspecified atom stereocenters. The van der Waals surface area contributed by atoms with Crippen LogP contribution in [0.4, 0.5) is 21.5 Å². The number of rotatable bonds is 5. The number of anilines is 2. The lowest BCUT2D eigenvalue weighted by molar-refractivity contribution is -0.384. The molecule has 0 heterocycles. The maximum absolute atomic E-state index is 13.1. The summed E-state index contributed by atoms with van der Waals surface area (Å²) in [7, 11) is 0. The molecule has 1 amide bonds. The molecule has 130 valence electrons. The van der Waals surface area contributed by atoms with Gasteiger partial charge >= 0.3 is 5.97 Å². The van der Waals surface area contributed by atoms with E-state index in [9.17, 15) is 24.1 Å². The van der Waals surface area contributed by atoms with Crippen molar-refractivity contribution in [3.63, 3.8) is 0 Å². The molecule has 25 heavy (non-hydrogen) atoms. The van der Waals surface area contributed by atoms with Gasteiger partial charge in [-0.05, 0) is 31.2 Å². The van der Waals surface area contributed by atoms with Gasteiger partial charge < -0.3 is 15.8 Å². The van der Waals surface area contributed by atoms with Crippen molar-refractivity contribution in [1.82, 2.24) is 0 Å². The van der Waals surface area contributed by atoms with Gasteiger partial charge in [-0.2, -0.15) is 0 Å². The lowest BCUT2D eigenvalue weighted by Crippen LogP contribution is -2.30. The fourth-order valence-electron chi connectivity index (χ4n) is 1.94. The van der Waals surface area contributed by atoms with Crippen LogP contribution >= 0.6 is 0 Å². The number of nitro groups is 1. The summed E-state index contributed by atoms with van der Waals surface area (Å²) in [4.78, 5) is 34.0. The molecular weight excluding hydrogens is 333 g/mol.